The highest BCUT2D eigenvalue weighted by molar-refractivity contribution is 6.31. The van der Waals surface area contributed by atoms with Crippen molar-refractivity contribution in [1.82, 2.24) is 4.90 Å². The van der Waals surface area contributed by atoms with Gasteiger partial charge in [0.1, 0.15) is 0 Å². The average Bonchev–Trinajstić information content (AvgIpc) is 2.40. The van der Waals surface area contributed by atoms with Crippen molar-refractivity contribution in [3.63, 3.8) is 0 Å². The number of amides is 2. The molecule has 1 atom stereocenters. The molecule has 20 heavy (non-hydrogen) atoms. The second-order valence-corrected chi connectivity index (χ2v) is 4.72. The van der Waals surface area contributed by atoms with Crippen LogP contribution >= 0.6 is 11.6 Å². The number of anilines is 1. The van der Waals surface area contributed by atoms with E-state index in [2.05, 4.69) is 5.32 Å². The maximum Gasteiger partial charge on any atom is 0.321 e. The van der Waals surface area contributed by atoms with E-state index in [9.17, 15) is 14.0 Å². The summed E-state index contributed by atoms with van der Waals surface area (Å²) in [6.45, 7) is 3.56. The van der Waals surface area contributed by atoms with Crippen LogP contribution in [0, 0.1) is 11.7 Å². The number of carbonyl (C=O) groups excluding carboxylic acids is 1. The lowest BCUT2D eigenvalue weighted by molar-refractivity contribution is -0.141. The van der Waals surface area contributed by atoms with Gasteiger partial charge in [0.25, 0.3) is 0 Å². The molecule has 0 bridgehead atoms. The van der Waals surface area contributed by atoms with Crippen LogP contribution < -0.4 is 5.32 Å². The number of nitrogens with zero attached hydrogens (tertiary/aromatic N) is 1. The highest BCUT2D eigenvalue weighted by Crippen LogP contribution is 2.22. The van der Waals surface area contributed by atoms with Crippen LogP contribution in [0.15, 0.2) is 18.2 Å². The zero-order valence-corrected chi connectivity index (χ0v) is 11.9. The summed E-state index contributed by atoms with van der Waals surface area (Å²) in [6.07, 6.45) is 0. The van der Waals surface area contributed by atoms with Crippen LogP contribution in [0.5, 0.6) is 0 Å². The fourth-order valence-electron chi connectivity index (χ4n) is 1.56. The number of halogens is 2. The van der Waals surface area contributed by atoms with Gasteiger partial charge in [-0.3, -0.25) is 4.79 Å². The minimum Gasteiger partial charge on any atom is -0.481 e. The summed E-state index contributed by atoms with van der Waals surface area (Å²) in [5, 5.41) is 11.1. The maximum atomic E-state index is 13.7. The lowest BCUT2D eigenvalue weighted by atomic mass is 10.2. The Kier molecular flexibility index (Phi) is 5.76. The first kappa shape index (κ1) is 16.2. The minimum atomic E-state index is -0.995. The minimum absolute atomic E-state index is 0.0380. The van der Waals surface area contributed by atoms with E-state index in [0.29, 0.717) is 6.54 Å². The number of aliphatic carboxylic acids is 1. The third kappa shape index (κ3) is 4.09. The van der Waals surface area contributed by atoms with Crippen molar-refractivity contribution >= 4 is 29.3 Å². The largest absolute Gasteiger partial charge is 0.481 e. The number of nitrogens with one attached hydrogen (secondary N) is 1. The van der Waals surface area contributed by atoms with Gasteiger partial charge in [0.15, 0.2) is 5.82 Å². The van der Waals surface area contributed by atoms with Gasteiger partial charge in [0.05, 0.1) is 16.6 Å². The van der Waals surface area contributed by atoms with E-state index in [4.69, 9.17) is 16.7 Å². The lowest BCUT2D eigenvalue weighted by Crippen LogP contribution is -2.39. The molecular formula is C13H16ClFN2O3. The van der Waals surface area contributed by atoms with Crippen molar-refractivity contribution in [2.75, 3.05) is 18.4 Å². The first-order chi connectivity index (χ1) is 9.36. The Hall–Kier alpha value is -1.82. The molecule has 1 aromatic carbocycles. The Labute approximate surface area is 121 Å². The fraction of sp³-hybridized carbons (Fsp3) is 0.385. The molecule has 0 fully saturated rings. The third-order valence-electron chi connectivity index (χ3n) is 2.78. The molecule has 0 aliphatic rings. The topological polar surface area (TPSA) is 69.6 Å². The molecule has 0 aliphatic heterocycles. The van der Waals surface area contributed by atoms with Crippen molar-refractivity contribution in [1.29, 1.82) is 0 Å². The molecule has 0 spiro atoms. The van der Waals surface area contributed by atoms with E-state index < -0.39 is 23.7 Å². The van der Waals surface area contributed by atoms with Crippen LogP contribution in [-0.2, 0) is 4.79 Å². The van der Waals surface area contributed by atoms with Gasteiger partial charge in [-0.25, -0.2) is 9.18 Å². The molecule has 1 rings (SSSR count). The quantitative estimate of drug-likeness (QED) is 0.878. The second kappa shape index (κ2) is 7.09. The van der Waals surface area contributed by atoms with E-state index in [1.54, 1.807) is 6.92 Å². The number of hydrogen-bond donors (Lipinski definition) is 2. The monoisotopic (exact) mass is 302 g/mol. The van der Waals surface area contributed by atoms with Gasteiger partial charge in [-0.2, -0.15) is 0 Å². The van der Waals surface area contributed by atoms with Crippen LogP contribution in [0.3, 0.4) is 0 Å². The molecule has 5 nitrogen and oxygen atoms in total. The first-order valence-corrected chi connectivity index (χ1v) is 6.47. The van der Waals surface area contributed by atoms with Crippen LogP contribution in [-0.4, -0.2) is 35.1 Å². The molecule has 0 heterocycles. The van der Waals surface area contributed by atoms with Crippen molar-refractivity contribution < 1.29 is 19.1 Å². The molecule has 0 saturated carbocycles. The summed E-state index contributed by atoms with van der Waals surface area (Å²) in [5.41, 5.74) is -0.0380. The molecule has 0 radical (unpaired) electrons. The van der Waals surface area contributed by atoms with Gasteiger partial charge < -0.3 is 15.3 Å². The van der Waals surface area contributed by atoms with Crippen molar-refractivity contribution in [3.05, 3.63) is 29.0 Å². The molecule has 2 N–H and O–H groups in total. The average molecular weight is 303 g/mol. The van der Waals surface area contributed by atoms with E-state index in [-0.39, 0.29) is 17.3 Å². The SMILES string of the molecule is CCN(CC(C)C(=O)O)C(=O)Nc1cccc(Cl)c1F. The number of urea groups is 1. The molecule has 0 aromatic heterocycles. The molecule has 0 saturated heterocycles. The smallest absolute Gasteiger partial charge is 0.321 e. The maximum absolute atomic E-state index is 13.7. The molecule has 1 unspecified atom stereocenters. The fourth-order valence-corrected chi connectivity index (χ4v) is 1.73. The number of rotatable bonds is 5. The molecule has 7 heteroatoms. The van der Waals surface area contributed by atoms with Gasteiger partial charge in [-0.15, -0.1) is 0 Å². The summed E-state index contributed by atoms with van der Waals surface area (Å²) in [6, 6.07) is 3.70. The van der Waals surface area contributed by atoms with E-state index >= 15 is 0 Å². The first-order valence-electron chi connectivity index (χ1n) is 6.09. The summed E-state index contributed by atoms with van der Waals surface area (Å²) < 4.78 is 13.7. The number of carboxylic acids is 1. The van der Waals surface area contributed by atoms with Crippen molar-refractivity contribution in [3.8, 4) is 0 Å². The Balaban J connectivity index is 2.77. The summed E-state index contributed by atoms with van der Waals surface area (Å²) in [5.74, 6) is -2.42. The predicted molar refractivity (Wildman–Crippen MR) is 74.5 cm³/mol. The van der Waals surface area contributed by atoms with Crippen LogP contribution in [0.4, 0.5) is 14.9 Å². The molecular weight excluding hydrogens is 287 g/mol. The second-order valence-electron chi connectivity index (χ2n) is 4.31. The highest BCUT2D eigenvalue weighted by atomic mass is 35.5. The predicted octanol–water partition coefficient (Wildman–Crippen LogP) is 3.05. The zero-order valence-electron chi connectivity index (χ0n) is 11.2. The Bertz CT molecular complexity index is 510. The van der Waals surface area contributed by atoms with E-state index in [1.165, 1.54) is 30.0 Å². The standard InChI is InChI=1S/C13H16ClFN2O3/c1-3-17(7-8(2)12(18)19)13(20)16-10-6-4-5-9(14)11(10)15/h4-6,8H,3,7H2,1-2H3,(H,16,20)(H,18,19). The Morgan fingerprint density at radius 1 is 1.50 bits per heavy atom. The Morgan fingerprint density at radius 2 is 2.15 bits per heavy atom. The molecule has 0 aliphatic carbocycles. The summed E-state index contributed by atoms with van der Waals surface area (Å²) in [4.78, 5) is 24.1. The van der Waals surface area contributed by atoms with Crippen LogP contribution in [0.1, 0.15) is 13.8 Å². The summed E-state index contributed by atoms with van der Waals surface area (Å²) in [7, 11) is 0. The number of hydrogen-bond acceptors (Lipinski definition) is 2. The number of benzene rings is 1. The number of carboxylic acid groups (broad SMARTS) is 1. The molecule has 110 valence electrons. The van der Waals surface area contributed by atoms with Gasteiger partial charge in [-0.1, -0.05) is 24.6 Å². The third-order valence-corrected chi connectivity index (χ3v) is 3.07. The van der Waals surface area contributed by atoms with E-state index in [0.717, 1.165) is 0 Å². The Morgan fingerprint density at radius 3 is 2.70 bits per heavy atom. The highest BCUT2D eigenvalue weighted by Gasteiger charge is 2.20. The normalized spacial score (nSPS) is 11.8. The van der Waals surface area contributed by atoms with Gasteiger partial charge >= 0.3 is 12.0 Å². The van der Waals surface area contributed by atoms with Crippen LogP contribution in [0.2, 0.25) is 5.02 Å². The van der Waals surface area contributed by atoms with Crippen molar-refractivity contribution in [2.45, 2.75) is 13.8 Å². The summed E-state index contributed by atoms with van der Waals surface area (Å²) >= 11 is 5.62. The van der Waals surface area contributed by atoms with Crippen LogP contribution in [0.25, 0.3) is 0 Å². The van der Waals surface area contributed by atoms with Gasteiger partial charge in [-0.05, 0) is 19.1 Å². The lowest BCUT2D eigenvalue weighted by Gasteiger charge is -2.23. The van der Waals surface area contributed by atoms with E-state index in [1.807, 2.05) is 0 Å². The molecule has 1 aromatic rings. The molecule has 2 amide bonds. The zero-order chi connectivity index (χ0) is 15.3. The van der Waals surface area contributed by atoms with Crippen molar-refractivity contribution in [2.24, 2.45) is 5.92 Å². The van der Waals surface area contributed by atoms with Gasteiger partial charge in [0, 0.05) is 13.1 Å². The number of carbonyl (C=O) groups is 2. The van der Waals surface area contributed by atoms with Gasteiger partial charge in [0.2, 0.25) is 0 Å².